The van der Waals surface area contributed by atoms with Crippen molar-refractivity contribution in [3.05, 3.63) is 82.6 Å². The number of carbonyl (C=O) groups is 3. The first-order valence-electron chi connectivity index (χ1n) is 12.7. The Labute approximate surface area is 220 Å². The van der Waals surface area contributed by atoms with Crippen LogP contribution in [0.3, 0.4) is 0 Å². The zero-order valence-electron chi connectivity index (χ0n) is 20.5. The number of benzene rings is 2. The number of anilines is 2. The number of amides is 3. The molecule has 0 spiro atoms. The van der Waals surface area contributed by atoms with Gasteiger partial charge in [-0.05, 0) is 35.7 Å². The van der Waals surface area contributed by atoms with E-state index in [0.717, 1.165) is 18.0 Å². The van der Waals surface area contributed by atoms with Crippen LogP contribution in [0.5, 0.6) is 0 Å². The predicted molar refractivity (Wildman–Crippen MR) is 144 cm³/mol. The number of nitrogens with zero attached hydrogens (tertiary/aromatic N) is 4. The fourth-order valence-electron chi connectivity index (χ4n) is 5.56. The molecule has 3 aliphatic rings. The molecule has 6 rings (SSSR count). The normalized spacial score (nSPS) is 21.1. The Kier molecular flexibility index (Phi) is 6.40. The maximum absolute atomic E-state index is 14.0. The molecule has 0 aliphatic carbocycles. The van der Waals surface area contributed by atoms with E-state index >= 15 is 0 Å². The number of fused-ring (bicyclic) bond motifs is 2. The van der Waals surface area contributed by atoms with Crippen LogP contribution in [0, 0.1) is 0 Å². The molecule has 37 heavy (non-hydrogen) atoms. The summed E-state index contributed by atoms with van der Waals surface area (Å²) in [5, 5.41) is 4.92. The Balaban J connectivity index is 1.21. The summed E-state index contributed by atoms with van der Waals surface area (Å²) in [5.41, 5.74) is 2.22. The maximum Gasteiger partial charge on any atom is 0.256 e. The van der Waals surface area contributed by atoms with E-state index in [9.17, 15) is 14.4 Å². The minimum absolute atomic E-state index is 0.0623. The molecule has 1 aromatic heterocycles. The Morgan fingerprint density at radius 2 is 1.62 bits per heavy atom. The fourth-order valence-corrected chi connectivity index (χ4v) is 6.41. The average Bonchev–Trinajstić information content (AvgIpc) is 3.45. The first-order valence-corrected chi connectivity index (χ1v) is 13.6. The molecule has 0 radical (unpaired) electrons. The smallest absolute Gasteiger partial charge is 0.256 e. The quantitative estimate of drug-likeness (QED) is 0.578. The average molecular weight is 516 g/mol. The molecule has 2 atom stereocenters. The number of rotatable bonds is 4. The number of piperazine rings is 2. The first-order chi connectivity index (χ1) is 18.1. The van der Waals surface area contributed by atoms with E-state index in [1.54, 1.807) is 28.4 Å². The molecule has 0 saturated carbocycles. The van der Waals surface area contributed by atoms with E-state index in [-0.39, 0.29) is 17.7 Å². The molecule has 3 aromatic rings. The van der Waals surface area contributed by atoms with Crippen molar-refractivity contribution in [3.63, 3.8) is 0 Å². The second kappa shape index (κ2) is 9.99. The summed E-state index contributed by atoms with van der Waals surface area (Å²) >= 11 is 1.56. The van der Waals surface area contributed by atoms with Gasteiger partial charge in [-0.2, -0.15) is 0 Å². The lowest BCUT2D eigenvalue weighted by Crippen LogP contribution is -2.61. The number of nitrogens with one attached hydrogen (secondary N) is 1. The summed E-state index contributed by atoms with van der Waals surface area (Å²) in [5.74, 6) is -0.293. The maximum atomic E-state index is 14.0. The largest absolute Gasteiger partial charge is 0.368 e. The van der Waals surface area contributed by atoms with Crippen LogP contribution < -0.4 is 10.2 Å². The number of hydrogen-bond donors (Lipinski definition) is 1. The van der Waals surface area contributed by atoms with E-state index < -0.39 is 12.1 Å². The van der Waals surface area contributed by atoms with Gasteiger partial charge in [0.05, 0.1) is 11.3 Å². The second-order valence-electron chi connectivity index (χ2n) is 9.61. The first kappa shape index (κ1) is 23.7. The molecule has 9 heteroatoms. The van der Waals surface area contributed by atoms with Crippen molar-refractivity contribution in [1.82, 2.24) is 14.7 Å². The number of thiophene rings is 1. The Morgan fingerprint density at radius 1 is 0.865 bits per heavy atom. The van der Waals surface area contributed by atoms with Gasteiger partial charge in [-0.3, -0.25) is 19.3 Å². The van der Waals surface area contributed by atoms with Crippen LogP contribution in [0.2, 0.25) is 0 Å². The van der Waals surface area contributed by atoms with Crippen LogP contribution in [-0.4, -0.2) is 84.3 Å². The van der Waals surface area contributed by atoms with Gasteiger partial charge in [-0.15, -0.1) is 11.3 Å². The molecule has 0 bridgehead atoms. The van der Waals surface area contributed by atoms with E-state index in [2.05, 4.69) is 27.2 Å². The summed E-state index contributed by atoms with van der Waals surface area (Å²) in [4.78, 5) is 49.5. The lowest BCUT2D eigenvalue weighted by Gasteiger charge is -2.44. The highest BCUT2D eigenvalue weighted by Crippen LogP contribution is 2.32. The molecule has 3 aliphatic heterocycles. The van der Waals surface area contributed by atoms with Gasteiger partial charge >= 0.3 is 0 Å². The van der Waals surface area contributed by atoms with Crippen molar-refractivity contribution >= 4 is 40.4 Å². The topological polar surface area (TPSA) is 76.2 Å². The summed E-state index contributed by atoms with van der Waals surface area (Å²) in [6, 6.07) is 20.2. The predicted octanol–water partition coefficient (Wildman–Crippen LogP) is 2.92. The van der Waals surface area contributed by atoms with Crippen molar-refractivity contribution in [2.45, 2.75) is 12.1 Å². The Morgan fingerprint density at radius 3 is 2.38 bits per heavy atom. The lowest BCUT2D eigenvalue weighted by molar-refractivity contribution is -0.140. The van der Waals surface area contributed by atoms with Crippen molar-refractivity contribution < 1.29 is 14.4 Å². The number of hydrogen-bond acceptors (Lipinski definition) is 6. The van der Waals surface area contributed by atoms with Crippen LogP contribution in [0.1, 0.15) is 21.3 Å². The number of carbonyl (C=O) groups excluding carboxylic acids is 3. The van der Waals surface area contributed by atoms with Gasteiger partial charge in [0.1, 0.15) is 12.1 Å². The van der Waals surface area contributed by atoms with Crippen LogP contribution in [0.4, 0.5) is 11.4 Å². The Hall–Kier alpha value is -3.69. The van der Waals surface area contributed by atoms with Crippen LogP contribution in [-0.2, 0) is 9.59 Å². The molecular weight excluding hydrogens is 486 g/mol. The monoisotopic (exact) mass is 515 g/mol. The van der Waals surface area contributed by atoms with Crippen molar-refractivity contribution in [2.24, 2.45) is 0 Å². The summed E-state index contributed by atoms with van der Waals surface area (Å²) in [7, 11) is 0. The number of para-hydroxylation sites is 2. The van der Waals surface area contributed by atoms with Gasteiger partial charge in [-0.1, -0.05) is 36.4 Å². The van der Waals surface area contributed by atoms with Gasteiger partial charge in [-0.25, -0.2) is 0 Å². The zero-order valence-corrected chi connectivity index (χ0v) is 21.3. The standard InChI is InChI=1S/C28H29N5O3S/c34-26-23-19-32(16-17-33(23)27(35)21-9-4-5-10-22(21)29-26)25(24-11-6-18-37-24)28(36)31-14-12-30(13-15-31)20-7-2-1-3-8-20/h1-11,18,23,25H,12-17,19H2,(H,29,34)/t23-,25?/m0/s1. The minimum atomic E-state index is -0.654. The highest BCUT2D eigenvalue weighted by Gasteiger charge is 2.43. The van der Waals surface area contributed by atoms with Crippen LogP contribution in [0.15, 0.2) is 72.1 Å². The molecular formula is C28H29N5O3S. The SMILES string of the molecule is O=C1Nc2ccccc2C(=O)N2CCN(C(C(=O)N3CCN(c4ccccc4)CC3)c3cccs3)C[C@@H]12. The van der Waals surface area contributed by atoms with Gasteiger partial charge in [0.2, 0.25) is 11.8 Å². The van der Waals surface area contributed by atoms with E-state index in [4.69, 9.17) is 0 Å². The molecule has 2 saturated heterocycles. The lowest BCUT2D eigenvalue weighted by atomic mass is 10.1. The summed E-state index contributed by atoms with van der Waals surface area (Å²) in [6.07, 6.45) is 0. The van der Waals surface area contributed by atoms with Gasteiger partial charge in [0.15, 0.2) is 0 Å². The molecule has 4 heterocycles. The van der Waals surface area contributed by atoms with Gasteiger partial charge < -0.3 is 20.0 Å². The molecule has 2 fully saturated rings. The molecule has 190 valence electrons. The zero-order chi connectivity index (χ0) is 25.4. The Bertz CT molecular complexity index is 1290. The van der Waals surface area contributed by atoms with Gasteiger partial charge in [0.25, 0.3) is 5.91 Å². The van der Waals surface area contributed by atoms with Crippen molar-refractivity contribution in [1.29, 1.82) is 0 Å². The van der Waals surface area contributed by atoms with E-state index in [0.29, 0.717) is 44.0 Å². The highest BCUT2D eigenvalue weighted by molar-refractivity contribution is 7.10. The second-order valence-corrected chi connectivity index (χ2v) is 10.6. The third-order valence-electron chi connectivity index (χ3n) is 7.52. The third-order valence-corrected chi connectivity index (χ3v) is 8.44. The molecule has 2 aromatic carbocycles. The summed E-state index contributed by atoms with van der Waals surface area (Å²) < 4.78 is 0. The van der Waals surface area contributed by atoms with Crippen LogP contribution in [0.25, 0.3) is 0 Å². The van der Waals surface area contributed by atoms with Crippen LogP contribution >= 0.6 is 11.3 Å². The van der Waals surface area contributed by atoms with E-state index in [1.807, 2.05) is 52.7 Å². The third kappa shape index (κ3) is 4.49. The molecule has 1 N–H and O–H groups in total. The fraction of sp³-hybridized carbons (Fsp3) is 0.321. The van der Waals surface area contributed by atoms with Crippen molar-refractivity contribution in [3.8, 4) is 0 Å². The molecule has 8 nitrogen and oxygen atoms in total. The minimum Gasteiger partial charge on any atom is -0.368 e. The summed E-state index contributed by atoms with van der Waals surface area (Å²) in [6.45, 7) is 4.07. The van der Waals surface area contributed by atoms with Crippen molar-refractivity contribution in [2.75, 3.05) is 56.0 Å². The highest BCUT2D eigenvalue weighted by atomic mass is 32.1. The molecule has 3 amide bonds. The van der Waals surface area contributed by atoms with E-state index in [1.165, 1.54) is 5.69 Å². The van der Waals surface area contributed by atoms with Gasteiger partial charge in [0, 0.05) is 56.4 Å². The molecule has 1 unspecified atom stereocenters.